The molecule has 26 heavy (non-hydrogen) atoms. The van der Waals surface area contributed by atoms with Gasteiger partial charge in [0.05, 0.1) is 17.7 Å². The lowest BCUT2D eigenvalue weighted by Gasteiger charge is -2.19. The second-order valence-corrected chi connectivity index (χ2v) is 8.39. The lowest BCUT2D eigenvalue weighted by atomic mass is 10.1. The van der Waals surface area contributed by atoms with Gasteiger partial charge >= 0.3 is 0 Å². The summed E-state index contributed by atoms with van der Waals surface area (Å²) in [5, 5.41) is 0. The maximum absolute atomic E-state index is 12.8. The first kappa shape index (κ1) is 18.7. The van der Waals surface area contributed by atoms with Crippen LogP contribution in [0.1, 0.15) is 24.0 Å². The lowest BCUT2D eigenvalue weighted by molar-refractivity contribution is 0.343. The number of hydrogen-bond donors (Lipinski definition) is 1. The molecule has 0 unspecified atom stereocenters. The van der Waals surface area contributed by atoms with Crippen LogP contribution in [0, 0.1) is 6.92 Å². The number of rotatable bonds is 7. The van der Waals surface area contributed by atoms with Crippen LogP contribution in [0.4, 0.5) is 5.69 Å². The molecule has 1 aliphatic heterocycles. The van der Waals surface area contributed by atoms with Crippen molar-refractivity contribution in [3.63, 3.8) is 0 Å². The summed E-state index contributed by atoms with van der Waals surface area (Å²) in [5.74, 6) is 0.541. The maximum Gasteiger partial charge on any atom is 0.262 e. The van der Waals surface area contributed by atoms with Crippen LogP contribution in [-0.4, -0.2) is 40.1 Å². The smallest absolute Gasteiger partial charge is 0.262 e. The van der Waals surface area contributed by atoms with Crippen molar-refractivity contribution in [1.82, 2.24) is 4.90 Å². The first-order chi connectivity index (χ1) is 12.5. The number of nitrogens with one attached hydrogen (secondary N) is 1. The molecule has 2 aromatic rings. The average Bonchev–Trinajstić information content (AvgIpc) is 3.14. The summed E-state index contributed by atoms with van der Waals surface area (Å²) < 4.78 is 33.8. The van der Waals surface area contributed by atoms with E-state index in [2.05, 4.69) is 9.62 Å². The first-order valence-corrected chi connectivity index (χ1v) is 10.5. The van der Waals surface area contributed by atoms with Crippen molar-refractivity contribution in [3.05, 3.63) is 53.6 Å². The van der Waals surface area contributed by atoms with Gasteiger partial charge in [0.15, 0.2) is 0 Å². The number of aryl methyl sites for hydroxylation is 1. The van der Waals surface area contributed by atoms with E-state index in [0.29, 0.717) is 11.4 Å². The Kier molecular flexibility index (Phi) is 5.84. The van der Waals surface area contributed by atoms with E-state index in [1.54, 1.807) is 37.4 Å². The van der Waals surface area contributed by atoms with E-state index in [0.717, 1.165) is 37.2 Å². The summed E-state index contributed by atoms with van der Waals surface area (Å²) in [7, 11) is -2.11. The van der Waals surface area contributed by atoms with Crippen molar-refractivity contribution in [3.8, 4) is 5.75 Å². The lowest BCUT2D eigenvalue weighted by Crippen LogP contribution is -2.23. The Labute approximate surface area is 156 Å². The summed E-state index contributed by atoms with van der Waals surface area (Å²) in [6.07, 6.45) is 3.26. The highest BCUT2D eigenvalue weighted by Crippen LogP contribution is 2.31. The van der Waals surface area contributed by atoms with Gasteiger partial charge in [0, 0.05) is 6.54 Å². The predicted octanol–water partition coefficient (Wildman–Crippen LogP) is 3.44. The topological polar surface area (TPSA) is 58.6 Å². The number of para-hydroxylation sites is 1. The highest BCUT2D eigenvalue weighted by atomic mass is 32.2. The van der Waals surface area contributed by atoms with Gasteiger partial charge in [-0.25, -0.2) is 8.42 Å². The Morgan fingerprint density at radius 1 is 1.08 bits per heavy atom. The van der Waals surface area contributed by atoms with Crippen LogP contribution in [-0.2, 0) is 16.4 Å². The average molecular weight is 375 g/mol. The summed E-state index contributed by atoms with van der Waals surface area (Å²) >= 11 is 0. The number of likely N-dealkylation sites (tertiary alicyclic amines) is 1. The third kappa shape index (κ3) is 4.37. The second-order valence-electron chi connectivity index (χ2n) is 6.71. The normalized spacial score (nSPS) is 15.2. The van der Waals surface area contributed by atoms with Crippen molar-refractivity contribution in [2.45, 2.75) is 31.1 Å². The highest BCUT2D eigenvalue weighted by Gasteiger charge is 2.20. The molecule has 1 saturated heterocycles. The Morgan fingerprint density at radius 2 is 1.77 bits per heavy atom. The third-order valence-electron chi connectivity index (χ3n) is 4.80. The van der Waals surface area contributed by atoms with E-state index in [-0.39, 0.29) is 4.90 Å². The van der Waals surface area contributed by atoms with Crippen molar-refractivity contribution in [1.29, 1.82) is 0 Å². The highest BCUT2D eigenvalue weighted by molar-refractivity contribution is 7.92. The molecule has 5 nitrogen and oxygen atoms in total. The summed E-state index contributed by atoms with van der Waals surface area (Å²) in [5.41, 5.74) is 2.51. The molecule has 0 amide bonds. The van der Waals surface area contributed by atoms with Gasteiger partial charge in [0.1, 0.15) is 5.75 Å². The molecule has 140 valence electrons. The molecular weight excluding hydrogens is 348 g/mol. The summed E-state index contributed by atoms with van der Waals surface area (Å²) in [6, 6.07) is 12.5. The number of nitrogens with zero attached hydrogens (tertiary/aromatic N) is 1. The van der Waals surface area contributed by atoms with Gasteiger partial charge in [-0.05, 0) is 63.0 Å². The number of sulfonamides is 1. The molecule has 1 fully saturated rings. The molecule has 0 saturated carbocycles. The zero-order valence-corrected chi connectivity index (χ0v) is 16.2. The fourth-order valence-electron chi connectivity index (χ4n) is 3.27. The minimum Gasteiger partial charge on any atom is -0.495 e. The Bertz CT molecular complexity index is 842. The van der Waals surface area contributed by atoms with Crippen LogP contribution in [0.3, 0.4) is 0 Å². The predicted molar refractivity (Wildman–Crippen MR) is 104 cm³/mol. The molecule has 0 spiro atoms. The zero-order valence-electron chi connectivity index (χ0n) is 15.4. The summed E-state index contributed by atoms with van der Waals surface area (Å²) in [6.45, 7) is 5.09. The fraction of sp³-hybridized carbons (Fsp3) is 0.400. The molecule has 0 radical (unpaired) electrons. The minimum atomic E-state index is -3.67. The molecule has 2 aromatic carbocycles. The zero-order chi connectivity index (χ0) is 18.6. The molecule has 1 aliphatic rings. The maximum atomic E-state index is 12.8. The van der Waals surface area contributed by atoms with Crippen molar-refractivity contribution < 1.29 is 13.2 Å². The Balaban J connectivity index is 1.85. The van der Waals surface area contributed by atoms with E-state index in [1.165, 1.54) is 12.8 Å². The van der Waals surface area contributed by atoms with Crippen LogP contribution in [0.15, 0.2) is 47.4 Å². The third-order valence-corrected chi connectivity index (χ3v) is 6.16. The SMILES string of the molecule is COc1cccc(CCN2CCCC2)c1NS(=O)(=O)c1ccc(C)cc1. The Hall–Kier alpha value is -2.05. The van der Waals surface area contributed by atoms with Gasteiger partial charge in [-0.1, -0.05) is 29.8 Å². The van der Waals surface area contributed by atoms with Crippen molar-refractivity contribution in [2.75, 3.05) is 31.5 Å². The van der Waals surface area contributed by atoms with Crippen LogP contribution in [0.25, 0.3) is 0 Å². The number of hydrogen-bond acceptors (Lipinski definition) is 4. The Morgan fingerprint density at radius 3 is 2.42 bits per heavy atom. The minimum absolute atomic E-state index is 0.250. The van der Waals surface area contributed by atoms with Gasteiger partial charge in [0.25, 0.3) is 10.0 Å². The monoisotopic (exact) mass is 374 g/mol. The van der Waals surface area contributed by atoms with E-state index >= 15 is 0 Å². The van der Waals surface area contributed by atoms with Gasteiger partial charge in [-0.15, -0.1) is 0 Å². The van der Waals surface area contributed by atoms with Gasteiger partial charge in [-0.3, -0.25) is 4.72 Å². The van der Waals surface area contributed by atoms with E-state index < -0.39 is 10.0 Å². The van der Waals surface area contributed by atoms with Crippen LogP contribution in [0.5, 0.6) is 5.75 Å². The largest absolute Gasteiger partial charge is 0.495 e. The van der Waals surface area contributed by atoms with Crippen LogP contribution >= 0.6 is 0 Å². The first-order valence-electron chi connectivity index (χ1n) is 8.97. The molecule has 1 heterocycles. The van der Waals surface area contributed by atoms with Gasteiger partial charge in [-0.2, -0.15) is 0 Å². The number of methoxy groups -OCH3 is 1. The fourth-order valence-corrected chi connectivity index (χ4v) is 4.38. The molecule has 3 rings (SSSR count). The molecule has 0 aromatic heterocycles. The van der Waals surface area contributed by atoms with Crippen LogP contribution in [0.2, 0.25) is 0 Å². The molecule has 6 heteroatoms. The second kappa shape index (κ2) is 8.10. The standard InChI is InChI=1S/C20H26N2O3S/c1-16-8-10-18(11-9-16)26(23,24)21-20-17(6-5-7-19(20)25-2)12-15-22-13-3-4-14-22/h5-11,21H,3-4,12-15H2,1-2H3. The molecule has 0 bridgehead atoms. The number of anilines is 1. The van der Waals surface area contributed by atoms with E-state index in [1.807, 2.05) is 19.1 Å². The van der Waals surface area contributed by atoms with Gasteiger partial charge < -0.3 is 9.64 Å². The number of benzene rings is 2. The number of ether oxygens (including phenoxy) is 1. The van der Waals surface area contributed by atoms with Crippen molar-refractivity contribution >= 4 is 15.7 Å². The van der Waals surface area contributed by atoms with E-state index in [9.17, 15) is 8.42 Å². The molecule has 0 aliphatic carbocycles. The quantitative estimate of drug-likeness (QED) is 0.806. The van der Waals surface area contributed by atoms with Crippen LogP contribution < -0.4 is 9.46 Å². The van der Waals surface area contributed by atoms with Crippen molar-refractivity contribution in [2.24, 2.45) is 0 Å². The summed E-state index contributed by atoms with van der Waals surface area (Å²) in [4.78, 5) is 2.66. The van der Waals surface area contributed by atoms with Gasteiger partial charge in [0.2, 0.25) is 0 Å². The molecular formula is C20H26N2O3S. The molecule has 0 atom stereocenters. The molecule has 1 N–H and O–H groups in total. The van der Waals surface area contributed by atoms with E-state index in [4.69, 9.17) is 4.74 Å².